The molecule has 7 nitrogen and oxygen atoms in total. The van der Waals surface area contributed by atoms with Gasteiger partial charge in [-0.15, -0.1) is 0 Å². The van der Waals surface area contributed by atoms with Gasteiger partial charge in [-0.1, -0.05) is 24.4 Å². The molecule has 142 valence electrons. The number of nitrogens with zero attached hydrogens (tertiary/aromatic N) is 3. The number of nitrogen functional groups attached to an aromatic ring is 1. The van der Waals surface area contributed by atoms with E-state index in [4.69, 9.17) is 5.73 Å². The molecule has 2 heterocycles. The van der Waals surface area contributed by atoms with E-state index in [0.29, 0.717) is 28.5 Å². The molecule has 4 N–H and O–H groups in total. The first-order valence-corrected chi connectivity index (χ1v) is 10.2. The summed E-state index contributed by atoms with van der Waals surface area (Å²) in [5, 5.41) is 6.87. The first kappa shape index (κ1) is 17.8. The Labute approximate surface area is 162 Å². The summed E-state index contributed by atoms with van der Waals surface area (Å²) >= 11 is 1.65. The van der Waals surface area contributed by atoms with Crippen LogP contribution in [0, 0.1) is 0 Å². The summed E-state index contributed by atoms with van der Waals surface area (Å²) < 4.78 is 3.54. The number of nitrogens with two attached hydrogens (primary N) is 1. The van der Waals surface area contributed by atoms with E-state index in [9.17, 15) is 4.79 Å². The number of benzene rings is 1. The molecule has 3 aromatic rings. The lowest BCUT2D eigenvalue weighted by molar-refractivity contribution is 0.420. The molecule has 0 saturated heterocycles. The van der Waals surface area contributed by atoms with Gasteiger partial charge in [0.1, 0.15) is 11.2 Å². The molecule has 2 aromatic heterocycles. The van der Waals surface area contributed by atoms with Crippen molar-refractivity contribution in [2.45, 2.75) is 25.2 Å². The van der Waals surface area contributed by atoms with Gasteiger partial charge in [0.15, 0.2) is 5.65 Å². The Bertz CT molecular complexity index is 1050. The second kappa shape index (κ2) is 6.84. The van der Waals surface area contributed by atoms with E-state index in [-0.39, 0.29) is 5.56 Å². The monoisotopic (exact) mass is 384 g/mol. The molecule has 27 heavy (non-hydrogen) atoms. The van der Waals surface area contributed by atoms with Gasteiger partial charge in [0.25, 0.3) is 5.56 Å². The first-order valence-electron chi connectivity index (χ1n) is 9.02. The van der Waals surface area contributed by atoms with Gasteiger partial charge in [-0.05, 0) is 36.5 Å². The van der Waals surface area contributed by atoms with Crippen LogP contribution in [0.25, 0.3) is 11.0 Å². The normalized spacial score (nSPS) is 14.3. The van der Waals surface area contributed by atoms with Crippen molar-refractivity contribution in [3.05, 3.63) is 40.2 Å². The van der Waals surface area contributed by atoms with E-state index in [1.165, 1.54) is 29.5 Å². The molecule has 0 radical (unpaired) electrons. The number of hydrogen-bond donors (Lipinski definition) is 3. The number of H-pyrrole nitrogens is 1. The van der Waals surface area contributed by atoms with E-state index in [1.54, 1.807) is 25.1 Å². The number of aromatic nitrogens is 3. The largest absolute Gasteiger partial charge is 0.384 e. The maximum absolute atomic E-state index is 12.5. The Morgan fingerprint density at radius 1 is 1.33 bits per heavy atom. The smallest absolute Gasteiger partial charge is 0.277 e. The zero-order chi connectivity index (χ0) is 19.1. The van der Waals surface area contributed by atoms with Crippen LogP contribution in [0.4, 0.5) is 22.9 Å². The Morgan fingerprint density at radius 2 is 2.11 bits per heavy atom. The van der Waals surface area contributed by atoms with Crippen molar-refractivity contribution in [1.29, 1.82) is 0 Å². The lowest BCUT2D eigenvalue weighted by Crippen LogP contribution is -2.14. The van der Waals surface area contributed by atoms with Gasteiger partial charge >= 0.3 is 0 Å². The average molecular weight is 385 g/mol. The number of nitrogens with one attached hydrogen (secondary N) is 2. The quantitative estimate of drug-likeness (QED) is 0.583. The topological polar surface area (TPSA) is 92.0 Å². The van der Waals surface area contributed by atoms with Crippen LogP contribution in [0.3, 0.4) is 0 Å². The fraction of sp³-hybridized carbons (Fsp3) is 0.368. The van der Waals surface area contributed by atoms with Crippen LogP contribution in [0.1, 0.15) is 30.7 Å². The van der Waals surface area contributed by atoms with Crippen LogP contribution in [0.5, 0.6) is 0 Å². The Kier molecular flexibility index (Phi) is 4.51. The molecule has 1 saturated carbocycles. The lowest BCUT2D eigenvalue weighted by atomic mass is 9.80. The minimum Gasteiger partial charge on any atom is -0.384 e. The number of anilines is 4. The van der Waals surface area contributed by atoms with Crippen molar-refractivity contribution in [2.75, 3.05) is 28.7 Å². The fourth-order valence-corrected chi connectivity index (χ4v) is 3.84. The molecule has 0 amide bonds. The molecular weight excluding hydrogens is 360 g/mol. The minimum absolute atomic E-state index is 0.133. The molecule has 0 unspecified atom stereocenters. The van der Waals surface area contributed by atoms with Crippen LogP contribution < -0.4 is 20.9 Å². The number of aryl methyl sites for hydroxylation is 1. The van der Waals surface area contributed by atoms with Gasteiger partial charge in [0.2, 0.25) is 0 Å². The summed E-state index contributed by atoms with van der Waals surface area (Å²) in [7, 11) is 3.71. The van der Waals surface area contributed by atoms with Crippen molar-refractivity contribution in [3.63, 3.8) is 0 Å². The van der Waals surface area contributed by atoms with Crippen LogP contribution in [-0.2, 0) is 7.05 Å². The van der Waals surface area contributed by atoms with Gasteiger partial charge in [-0.2, -0.15) is 0 Å². The van der Waals surface area contributed by atoms with E-state index in [1.807, 2.05) is 13.3 Å². The summed E-state index contributed by atoms with van der Waals surface area (Å²) in [5.74, 6) is 1.02. The first-order chi connectivity index (χ1) is 13.0. The highest BCUT2D eigenvalue weighted by atomic mass is 32.2. The number of hydrogen-bond acceptors (Lipinski definition) is 6. The molecule has 4 rings (SSSR count). The van der Waals surface area contributed by atoms with Gasteiger partial charge < -0.3 is 15.4 Å². The van der Waals surface area contributed by atoms with Crippen LogP contribution in [-0.4, -0.2) is 28.1 Å². The molecule has 1 aromatic carbocycles. The van der Waals surface area contributed by atoms with E-state index in [0.717, 1.165) is 11.4 Å². The SMILES string of the molecule is CSN(C)c1cc(C2CCC2)ccc1Nc1cc(N)nc2[nH]n(C)c(=O)c12. The lowest BCUT2D eigenvalue weighted by Gasteiger charge is -2.28. The molecule has 0 aliphatic heterocycles. The third kappa shape index (κ3) is 3.14. The summed E-state index contributed by atoms with van der Waals surface area (Å²) in [5.41, 5.74) is 10.4. The maximum atomic E-state index is 12.5. The molecule has 1 aliphatic carbocycles. The van der Waals surface area contributed by atoms with Gasteiger partial charge in [-0.3, -0.25) is 14.6 Å². The minimum atomic E-state index is -0.133. The predicted molar refractivity (Wildman–Crippen MR) is 114 cm³/mol. The van der Waals surface area contributed by atoms with Gasteiger partial charge in [0, 0.05) is 26.4 Å². The third-order valence-electron chi connectivity index (χ3n) is 5.31. The third-order valence-corrected chi connectivity index (χ3v) is 6.06. The molecular formula is C19H24N6OS. The second-order valence-corrected chi connectivity index (χ2v) is 7.92. The molecule has 1 aliphatic rings. The van der Waals surface area contributed by atoms with Gasteiger partial charge in [-0.25, -0.2) is 4.98 Å². The standard InChI is InChI=1S/C19H24N6OS/c1-24-19(26)17-14(10-16(20)22-18(17)23-24)21-13-8-7-12(11-5-4-6-11)9-15(13)25(2)27-3/h7-11H,4-6H2,1-3H3,(H4,20,21,22,23). The van der Waals surface area contributed by atoms with Crippen LogP contribution >= 0.6 is 11.9 Å². The zero-order valence-corrected chi connectivity index (χ0v) is 16.6. The van der Waals surface area contributed by atoms with Gasteiger partial charge in [0.05, 0.1) is 17.1 Å². The Balaban J connectivity index is 1.80. The molecule has 0 spiro atoms. The number of aromatic amines is 1. The van der Waals surface area contributed by atoms with Crippen molar-refractivity contribution >= 4 is 45.9 Å². The Hall–Kier alpha value is -2.61. The van der Waals surface area contributed by atoms with E-state index in [2.05, 4.69) is 37.9 Å². The highest BCUT2D eigenvalue weighted by Gasteiger charge is 2.22. The summed E-state index contributed by atoms with van der Waals surface area (Å²) in [6, 6.07) is 8.23. The zero-order valence-electron chi connectivity index (χ0n) is 15.7. The number of fused-ring (bicyclic) bond motifs is 1. The molecule has 0 bridgehead atoms. The average Bonchev–Trinajstić information content (AvgIpc) is 2.88. The highest BCUT2D eigenvalue weighted by molar-refractivity contribution is 7.99. The molecule has 0 atom stereocenters. The number of pyridine rings is 1. The number of rotatable bonds is 5. The Morgan fingerprint density at radius 3 is 2.78 bits per heavy atom. The highest BCUT2D eigenvalue weighted by Crippen LogP contribution is 2.41. The van der Waals surface area contributed by atoms with Crippen molar-refractivity contribution in [3.8, 4) is 0 Å². The molecule has 8 heteroatoms. The maximum Gasteiger partial charge on any atom is 0.277 e. The summed E-state index contributed by atoms with van der Waals surface area (Å²) in [6.45, 7) is 0. The van der Waals surface area contributed by atoms with E-state index < -0.39 is 0 Å². The van der Waals surface area contributed by atoms with Crippen molar-refractivity contribution in [2.24, 2.45) is 7.05 Å². The summed E-state index contributed by atoms with van der Waals surface area (Å²) in [4.78, 5) is 16.7. The van der Waals surface area contributed by atoms with Crippen molar-refractivity contribution in [1.82, 2.24) is 14.8 Å². The van der Waals surface area contributed by atoms with E-state index >= 15 is 0 Å². The second-order valence-electron chi connectivity index (χ2n) is 7.00. The molecule has 1 fully saturated rings. The fourth-order valence-electron chi connectivity index (χ4n) is 3.49. The summed E-state index contributed by atoms with van der Waals surface area (Å²) in [6.07, 6.45) is 5.87. The van der Waals surface area contributed by atoms with Crippen molar-refractivity contribution < 1.29 is 0 Å². The van der Waals surface area contributed by atoms with Crippen LogP contribution in [0.2, 0.25) is 0 Å². The predicted octanol–water partition coefficient (Wildman–Crippen LogP) is 3.57. The van der Waals surface area contributed by atoms with Crippen LogP contribution in [0.15, 0.2) is 29.1 Å².